The Morgan fingerprint density at radius 3 is 3.13 bits per heavy atom. The van der Waals surface area contributed by atoms with Gasteiger partial charge in [-0.25, -0.2) is 4.79 Å². The van der Waals surface area contributed by atoms with Crippen LogP contribution in [0.1, 0.15) is 24.7 Å². The van der Waals surface area contributed by atoms with Crippen molar-refractivity contribution < 1.29 is 9.32 Å². The summed E-state index contributed by atoms with van der Waals surface area (Å²) in [5.41, 5.74) is 0. The monoisotopic (exact) mass is 208 g/mol. The van der Waals surface area contributed by atoms with Gasteiger partial charge in [0.25, 0.3) is 0 Å². The molecule has 0 radical (unpaired) electrons. The number of piperidine rings is 1. The number of rotatable bonds is 1. The van der Waals surface area contributed by atoms with Crippen LogP contribution in [0.5, 0.6) is 0 Å². The van der Waals surface area contributed by atoms with Crippen molar-refractivity contribution in [1.82, 2.24) is 19.9 Å². The molecule has 0 N–H and O–H groups in total. The van der Waals surface area contributed by atoms with Gasteiger partial charge in [-0.05, 0) is 12.8 Å². The molecule has 3 rings (SSSR count). The first-order valence-electron chi connectivity index (χ1n) is 5.07. The van der Waals surface area contributed by atoms with Gasteiger partial charge in [0.15, 0.2) is 5.82 Å². The van der Waals surface area contributed by atoms with E-state index in [0.29, 0.717) is 11.9 Å². The third kappa shape index (κ3) is 1.14. The summed E-state index contributed by atoms with van der Waals surface area (Å²) >= 11 is 0. The van der Waals surface area contributed by atoms with Crippen molar-refractivity contribution in [2.45, 2.75) is 24.9 Å². The highest BCUT2D eigenvalue weighted by Crippen LogP contribution is 2.35. The van der Waals surface area contributed by atoms with E-state index in [-0.39, 0.29) is 12.1 Å². The van der Waals surface area contributed by atoms with Gasteiger partial charge >= 0.3 is 6.03 Å². The fourth-order valence-electron chi connectivity index (χ4n) is 2.43. The summed E-state index contributed by atoms with van der Waals surface area (Å²) in [5, 5.41) is 3.82. The first-order valence-corrected chi connectivity index (χ1v) is 5.07. The summed E-state index contributed by atoms with van der Waals surface area (Å²) in [5.74, 6) is 0.622. The van der Waals surface area contributed by atoms with Gasteiger partial charge in [0.1, 0.15) is 0 Å². The molecule has 2 amide bonds. The number of amides is 2. The van der Waals surface area contributed by atoms with Crippen molar-refractivity contribution in [3.05, 3.63) is 12.2 Å². The molecule has 1 aromatic heterocycles. The second-order valence-electron chi connectivity index (χ2n) is 4.08. The van der Waals surface area contributed by atoms with Gasteiger partial charge in [0, 0.05) is 13.6 Å². The Labute approximate surface area is 86.8 Å². The van der Waals surface area contributed by atoms with Crippen LogP contribution in [0, 0.1) is 0 Å². The Balaban J connectivity index is 1.91. The molecule has 15 heavy (non-hydrogen) atoms. The fourth-order valence-corrected chi connectivity index (χ4v) is 2.43. The zero-order valence-corrected chi connectivity index (χ0v) is 8.46. The van der Waals surface area contributed by atoms with Crippen molar-refractivity contribution in [1.29, 1.82) is 0 Å². The maximum absolute atomic E-state index is 11.9. The van der Waals surface area contributed by atoms with Crippen molar-refractivity contribution in [2.24, 2.45) is 0 Å². The number of carbonyl (C=O) groups excluding carboxylic acids is 1. The van der Waals surface area contributed by atoms with Gasteiger partial charge in [-0.1, -0.05) is 5.16 Å². The normalized spacial score (nSPS) is 30.1. The molecule has 3 heterocycles. The quantitative estimate of drug-likeness (QED) is 0.679. The predicted octanol–water partition coefficient (Wildman–Crippen LogP) is 0.641. The molecule has 80 valence electrons. The summed E-state index contributed by atoms with van der Waals surface area (Å²) < 4.78 is 4.72. The van der Waals surface area contributed by atoms with E-state index >= 15 is 0 Å². The SMILES string of the molecule is CN1C(=O)N2C[C@H]1CC[C@H]2c1ncon1. The summed E-state index contributed by atoms with van der Waals surface area (Å²) in [7, 11) is 1.85. The van der Waals surface area contributed by atoms with Crippen LogP contribution in [-0.4, -0.2) is 45.6 Å². The van der Waals surface area contributed by atoms with Crippen LogP contribution in [-0.2, 0) is 0 Å². The zero-order chi connectivity index (χ0) is 10.4. The Kier molecular flexibility index (Phi) is 1.71. The van der Waals surface area contributed by atoms with Gasteiger partial charge in [-0.15, -0.1) is 0 Å². The van der Waals surface area contributed by atoms with E-state index in [2.05, 4.69) is 10.1 Å². The van der Waals surface area contributed by atoms with Crippen LogP contribution in [0.25, 0.3) is 0 Å². The number of hydrogen-bond donors (Lipinski definition) is 0. The van der Waals surface area contributed by atoms with Crippen LogP contribution < -0.4 is 0 Å². The molecule has 1 aromatic rings. The van der Waals surface area contributed by atoms with Crippen molar-refractivity contribution in [3.63, 3.8) is 0 Å². The predicted molar refractivity (Wildman–Crippen MR) is 49.9 cm³/mol. The highest BCUT2D eigenvalue weighted by molar-refractivity contribution is 5.77. The molecule has 0 unspecified atom stereocenters. The third-order valence-corrected chi connectivity index (χ3v) is 3.33. The van der Waals surface area contributed by atoms with E-state index in [0.717, 1.165) is 19.4 Å². The molecular weight excluding hydrogens is 196 g/mol. The van der Waals surface area contributed by atoms with Gasteiger partial charge in [0.2, 0.25) is 6.39 Å². The molecule has 0 spiro atoms. The van der Waals surface area contributed by atoms with Crippen molar-refractivity contribution in [2.75, 3.05) is 13.6 Å². The Hall–Kier alpha value is -1.59. The number of hydrogen-bond acceptors (Lipinski definition) is 4. The number of carbonyl (C=O) groups is 1. The molecule has 0 aromatic carbocycles. The van der Waals surface area contributed by atoms with Crippen LogP contribution in [0.15, 0.2) is 10.9 Å². The van der Waals surface area contributed by atoms with Crippen molar-refractivity contribution in [3.8, 4) is 0 Å². The molecular formula is C9H12N4O2. The number of likely N-dealkylation sites (N-methyl/N-ethyl adjacent to an activating group) is 1. The van der Waals surface area contributed by atoms with Crippen LogP contribution in [0.3, 0.4) is 0 Å². The van der Waals surface area contributed by atoms with Crippen molar-refractivity contribution >= 4 is 6.03 Å². The number of nitrogens with zero attached hydrogens (tertiary/aromatic N) is 4. The van der Waals surface area contributed by atoms with E-state index in [1.807, 2.05) is 11.9 Å². The molecule has 2 atom stereocenters. The minimum atomic E-state index is -0.00236. The van der Waals surface area contributed by atoms with Crippen LogP contribution in [0.4, 0.5) is 4.79 Å². The lowest BCUT2D eigenvalue weighted by atomic mass is 10.0. The average Bonchev–Trinajstić information content (AvgIpc) is 2.85. The van der Waals surface area contributed by atoms with Gasteiger partial charge in [-0.2, -0.15) is 4.98 Å². The molecule has 2 bridgehead atoms. The second-order valence-corrected chi connectivity index (χ2v) is 4.08. The minimum absolute atomic E-state index is 0.00236. The average molecular weight is 208 g/mol. The summed E-state index contributed by atoms with van der Waals surface area (Å²) in [6.45, 7) is 0.786. The first-order chi connectivity index (χ1) is 7.27. The maximum Gasteiger partial charge on any atom is 0.320 e. The second kappa shape index (κ2) is 2.95. The Morgan fingerprint density at radius 1 is 1.53 bits per heavy atom. The third-order valence-electron chi connectivity index (χ3n) is 3.33. The summed E-state index contributed by atoms with van der Waals surface area (Å²) in [6.07, 6.45) is 3.24. The molecule has 2 saturated heterocycles. The lowest BCUT2D eigenvalue weighted by Crippen LogP contribution is -2.34. The largest absolute Gasteiger partial charge is 0.343 e. The van der Waals surface area contributed by atoms with E-state index in [4.69, 9.17) is 4.52 Å². The Morgan fingerprint density at radius 2 is 2.40 bits per heavy atom. The molecule has 2 fully saturated rings. The smallest absolute Gasteiger partial charge is 0.320 e. The van der Waals surface area contributed by atoms with Crippen LogP contribution in [0.2, 0.25) is 0 Å². The van der Waals surface area contributed by atoms with E-state index in [1.54, 1.807) is 4.90 Å². The molecule has 6 nitrogen and oxygen atoms in total. The standard InChI is InChI=1S/C9H12N4O2/c1-12-6-2-3-7(8-10-5-15-11-8)13(4-6)9(12)14/h5-7H,2-4H2,1H3/t6-,7+/m1/s1. The van der Waals surface area contributed by atoms with E-state index < -0.39 is 0 Å². The molecule has 0 saturated carbocycles. The lowest BCUT2D eigenvalue weighted by molar-refractivity contribution is 0.176. The highest BCUT2D eigenvalue weighted by Gasteiger charge is 2.44. The fraction of sp³-hybridized carbons (Fsp3) is 0.667. The zero-order valence-electron chi connectivity index (χ0n) is 8.46. The highest BCUT2D eigenvalue weighted by atomic mass is 16.5. The maximum atomic E-state index is 11.9. The first kappa shape index (κ1) is 8.70. The van der Waals surface area contributed by atoms with E-state index in [9.17, 15) is 4.79 Å². The lowest BCUT2D eigenvalue weighted by Gasteiger charge is -2.28. The number of fused-ring (bicyclic) bond motifs is 2. The number of aromatic nitrogens is 2. The number of urea groups is 1. The van der Waals surface area contributed by atoms with Crippen LogP contribution >= 0.6 is 0 Å². The molecule has 2 aliphatic heterocycles. The topological polar surface area (TPSA) is 62.5 Å². The summed E-state index contributed by atoms with van der Waals surface area (Å²) in [6, 6.07) is 0.436. The van der Waals surface area contributed by atoms with Gasteiger partial charge < -0.3 is 14.3 Å². The molecule has 2 aliphatic rings. The van der Waals surface area contributed by atoms with Gasteiger partial charge in [0.05, 0.1) is 12.1 Å². The van der Waals surface area contributed by atoms with Gasteiger partial charge in [-0.3, -0.25) is 0 Å². The van der Waals surface area contributed by atoms with E-state index in [1.165, 1.54) is 6.39 Å². The minimum Gasteiger partial charge on any atom is -0.343 e. The molecule has 6 heteroatoms. The molecule has 0 aliphatic carbocycles. The summed E-state index contributed by atoms with van der Waals surface area (Å²) in [4.78, 5) is 19.5. The Bertz CT molecular complexity index is 377.